The van der Waals surface area contributed by atoms with E-state index in [1.54, 1.807) is 0 Å². The first-order valence-corrected chi connectivity index (χ1v) is 33.9. The van der Waals surface area contributed by atoms with E-state index in [0.29, 0.717) is 23.9 Å². The number of nitrogens with zero attached hydrogens (tertiary/aromatic N) is 1. The van der Waals surface area contributed by atoms with Gasteiger partial charge in [0, 0.05) is 6.42 Å². The van der Waals surface area contributed by atoms with Crippen molar-refractivity contribution in [2.45, 2.75) is 360 Å². The molecule has 8 nitrogen and oxygen atoms in total. The fraction of sp³-hybridized carbons (Fsp3) is 0.984. The molecule has 0 rings (SSSR count). The van der Waals surface area contributed by atoms with Gasteiger partial charge in [-0.1, -0.05) is 328 Å². The Morgan fingerprint density at radius 2 is 0.667 bits per heavy atom. The average molecular weight is 1040 g/mol. The summed E-state index contributed by atoms with van der Waals surface area (Å²) in [7, 11) is 1.64. The number of carbonyl (C=O) groups excluding carboxylic acids is 1. The van der Waals surface area contributed by atoms with Crippen LogP contribution in [-0.2, 0) is 18.4 Å². The minimum atomic E-state index is -4.32. The molecule has 0 saturated carbocycles. The molecule has 0 heterocycles. The van der Waals surface area contributed by atoms with Crippen LogP contribution in [0.4, 0.5) is 0 Å². The molecule has 72 heavy (non-hydrogen) atoms. The summed E-state index contributed by atoms with van der Waals surface area (Å²) in [4.78, 5) is 23.4. The second kappa shape index (κ2) is 55.3. The van der Waals surface area contributed by atoms with E-state index < -0.39 is 20.0 Å². The molecule has 0 aliphatic heterocycles. The van der Waals surface area contributed by atoms with Crippen molar-refractivity contribution in [1.29, 1.82) is 0 Å². The summed E-state index contributed by atoms with van der Waals surface area (Å²) in [6.07, 6.45) is 67.7. The summed E-state index contributed by atoms with van der Waals surface area (Å²) < 4.78 is 23.8. The number of nitrogens with one attached hydrogen (secondary N) is 1. The summed E-state index contributed by atoms with van der Waals surface area (Å²) in [5.74, 6) is -0.135. The van der Waals surface area contributed by atoms with E-state index in [1.807, 2.05) is 21.1 Å². The number of phosphoric ester groups is 1. The second-order valence-electron chi connectivity index (χ2n) is 23.9. The monoisotopic (exact) mass is 1040 g/mol. The number of rotatable bonds is 61. The van der Waals surface area contributed by atoms with Crippen molar-refractivity contribution in [2.75, 3.05) is 40.9 Å². The zero-order valence-corrected chi connectivity index (χ0v) is 50.4. The van der Waals surface area contributed by atoms with Crippen LogP contribution in [0, 0.1) is 0 Å². The number of quaternary nitrogens is 1. The minimum absolute atomic E-state index is 0.0792. The molecule has 1 amide bonds. The highest BCUT2D eigenvalue weighted by Gasteiger charge is 2.28. The normalized spacial score (nSPS) is 13.7. The molecule has 0 aliphatic carbocycles. The van der Waals surface area contributed by atoms with Gasteiger partial charge in [-0.25, -0.2) is 4.57 Å². The number of amides is 1. The minimum Gasteiger partial charge on any atom is -0.391 e. The van der Waals surface area contributed by atoms with Crippen molar-refractivity contribution in [3.63, 3.8) is 0 Å². The Morgan fingerprint density at radius 1 is 0.417 bits per heavy atom. The van der Waals surface area contributed by atoms with Crippen LogP contribution in [0.25, 0.3) is 0 Å². The Kier molecular flexibility index (Phi) is 54.9. The van der Waals surface area contributed by atoms with E-state index >= 15 is 0 Å². The third-order valence-corrected chi connectivity index (χ3v) is 16.3. The standard InChI is InChI=1S/C63H129N2O6P/c1-6-8-10-12-14-16-18-20-22-24-25-26-27-28-29-30-31-32-33-34-35-36-37-38-39-40-41-43-45-47-49-51-53-55-57-63(67)64-61(60-71-72(68,69)70-59-58-65(3,4)5)62(66)56-54-52-50-48-46-44-42-23-21-19-17-15-13-11-9-7-2/h61-62,66H,6-60H2,1-5H3,(H-,64,67,68,69)/p+1/t61-,62+/m0/s1. The molecule has 0 aromatic rings. The molecule has 3 atom stereocenters. The van der Waals surface area contributed by atoms with E-state index in [0.717, 1.165) is 38.5 Å². The SMILES string of the molecule is CCCCCCCCCCCCCCCCCCCCCCCCCCCCCCCCCCCCC(=O)N[C@@H](COP(=O)(O)OCC[N+](C)(C)C)[C@H](O)CCCCCCCCCCCCCCCCCC. The Hall–Kier alpha value is -0.500. The first-order chi connectivity index (χ1) is 35.0. The lowest BCUT2D eigenvalue weighted by Gasteiger charge is -2.26. The highest BCUT2D eigenvalue weighted by molar-refractivity contribution is 7.47. The first kappa shape index (κ1) is 71.5. The molecular weight excluding hydrogens is 912 g/mol. The third kappa shape index (κ3) is 57.2. The quantitative estimate of drug-likeness (QED) is 0.0318. The maximum absolute atomic E-state index is 13.0. The summed E-state index contributed by atoms with van der Waals surface area (Å²) in [6.45, 7) is 4.95. The molecule has 0 spiro atoms. The topological polar surface area (TPSA) is 105 Å². The van der Waals surface area contributed by atoms with Crippen LogP contribution in [0.1, 0.15) is 348 Å². The molecule has 0 aromatic heterocycles. The van der Waals surface area contributed by atoms with Gasteiger partial charge >= 0.3 is 7.82 Å². The van der Waals surface area contributed by atoms with Gasteiger partial charge in [0.1, 0.15) is 13.2 Å². The highest BCUT2D eigenvalue weighted by atomic mass is 31.2. The van der Waals surface area contributed by atoms with Crippen LogP contribution in [0.15, 0.2) is 0 Å². The molecule has 432 valence electrons. The van der Waals surface area contributed by atoms with Crippen LogP contribution in [0.3, 0.4) is 0 Å². The molecule has 3 N–H and O–H groups in total. The van der Waals surface area contributed by atoms with Gasteiger partial charge in [-0.3, -0.25) is 13.8 Å². The summed E-state index contributed by atoms with van der Waals surface area (Å²) in [5.41, 5.74) is 0. The number of hydrogen-bond donors (Lipinski definition) is 3. The van der Waals surface area contributed by atoms with Crippen molar-refractivity contribution in [3.8, 4) is 0 Å². The van der Waals surface area contributed by atoms with Crippen LogP contribution >= 0.6 is 7.82 Å². The van der Waals surface area contributed by atoms with Crippen molar-refractivity contribution in [1.82, 2.24) is 5.32 Å². The smallest absolute Gasteiger partial charge is 0.391 e. The molecule has 0 aliphatic rings. The fourth-order valence-electron chi connectivity index (χ4n) is 10.3. The Balaban J connectivity index is 3.91. The maximum Gasteiger partial charge on any atom is 0.472 e. The van der Waals surface area contributed by atoms with Gasteiger partial charge in [-0.05, 0) is 12.8 Å². The van der Waals surface area contributed by atoms with Crippen LogP contribution in [-0.4, -0.2) is 73.4 Å². The van der Waals surface area contributed by atoms with Gasteiger partial charge in [0.15, 0.2) is 0 Å². The van der Waals surface area contributed by atoms with Gasteiger partial charge < -0.3 is 19.8 Å². The molecule has 0 aromatic carbocycles. The fourth-order valence-corrected chi connectivity index (χ4v) is 11.0. The zero-order chi connectivity index (χ0) is 52.7. The summed E-state index contributed by atoms with van der Waals surface area (Å²) in [6, 6.07) is -0.755. The third-order valence-electron chi connectivity index (χ3n) is 15.4. The zero-order valence-electron chi connectivity index (χ0n) is 49.5. The van der Waals surface area contributed by atoms with E-state index in [-0.39, 0.29) is 19.1 Å². The van der Waals surface area contributed by atoms with E-state index in [9.17, 15) is 19.4 Å². The van der Waals surface area contributed by atoms with Gasteiger partial charge in [-0.2, -0.15) is 0 Å². The Labute approximate surface area is 450 Å². The van der Waals surface area contributed by atoms with Crippen LogP contribution < -0.4 is 5.32 Å². The molecule has 0 radical (unpaired) electrons. The molecule has 1 unspecified atom stereocenters. The molecular formula is C63H130N2O6P+. The van der Waals surface area contributed by atoms with E-state index in [2.05, 4.69) is 19.2 Å². The second-order valence-corrected chi connectivity index (χ2v) is 25.3. The van der Waals surface area contributed by atoms with E-state index in [1.165, 1.54) is 283 Å². The molecule has 9 heteroatoms. The Bertz CT molecular complexity index is 1140. The van der Waals surface area contributed by atoms with Gasteiger partial charge in [0.2, 0.25) is 5.91 Å². The molecule has 0 fully saturated rings. The van der Waals surface area contributed by atoms with Crippen LogP contribution in [0.5, 0.6) is 0 Å². The highest BCUT2D eigenvalue weighted by Crippen LogP contribution is 2.43. The summed E-state index contributed by atoms with van der Waals surface area (Å²) in [5, 5.41) is 14.1. The van der Waals surface area contributed by atoms with Gasteiger partial charge in [-0.15, -0.1) is 0 Å². The number of phosphoric acid groups is 1. The predicted molar refractivity (Wildman–Crippen MR) is 314 cm³/mol. The van der Waals surface area contributed by atoms with Crippen LogP contribution in [0.2, 0.25) is 0 Å². The number of hydrogen-bond acceptors (Lipinski definition) is 5. The average Bonchev–Trinajstić information content (AvgIpc) is 3.34. The lowest BCUT2D eigenvalue weighted by Crippen LogP contribution is -2.46. The van der Waals surface area contributed by atoms with Crippen molar-refractivity contribution in [2.24, 2.45) is 0 Å². The number of carbonyl (C=O) groups is 1. The largest absolute Gasteiger partial charge is 0.472 e. The van der Waals surface area contributed by atoms with Crippen molar-refractivity contribution in [3.05, 3.63) is 0 Å². The van der Waals surface area contributed by atoms with Gasteiger partial charge in [0.25, 0.3) is 0 Å². The van der Waals surface area contributed by atoms with Crippen molar-refractivity contribution < 1.29 is 32.9 Å². The van der Waals surface area contributed by atoms with Crippen molar-refractivity contribution >= 4 is 13.7 Å². The summed E-state index contributed by atoms with van der Waals surface area (Å²) >= 11 is 0. The molecule has 0 saturated heterocycles. The van der Waals surface area contributed by atoms with Gasteiger partial charge in [0.05, 0.1) is 39.9 Å². The number of unbranched alkanes of at least 4 members (excludes halogenated alkanes) is 48. The Morgan fingerprint density at radius 3 is 0.931 bits per heavy atom. The first-order valence-electron chi connectivity index (χ1n) is 32.4. The lowest BCUT2D eigenvalue weighted by atomic mass is 10.0. The predicted octanol–water partition coefficient (Wildman–Crippen LogP) is 20.0. The van der Waals surface area contributed by atoms with E-state index in [4.69, 9.17) is 9.05 Å². The maximum atomic E-state index is 13.0. The number of aliphatic hydroxyl groups is 1. The lowest BCUT2D eigenvalue weighted by molar-refractivity contribution is -0.870. The molecule has 0 bridgehead atoms. The number of likely N-dealkylation sites (N-methyl/N-ethyl adjacent to an activating group) is 1. The number of aliphatic hydroxyl groups excluding tert-OH is 1.